The van der Waals surface area contributed by atoms with Crippen LogP contribution in [0.3, 0.4) is 0 Å². The fraction of sp³-hybridized carbons (Fsp3) is 0.462. The molecule has 1 aliphatic carbocycles. The summed E-state index contributed by atoms with van der Waals surface area (Å²) < 4.78 is 0. The minimum absolute atomic E-state index is 0.0750. The number of halogens is 1. The average Bonchev–Trinajstić information content (AvgIpc) is 2.17. The molecule has 0 saturated heterocycles. The van der Waals surface area contributed by atoms with Crippen LogP contribution in [0.4, 0.5) is 0 Å². The summed E-state index contributed by atoms with van der Waals surface area (Å²) in [6.45, 7) is 4.21. The molecule has 0 bridgehead atoms. The molecule has 0 aliphatic heterocycles. The maximum atomic E-state index is 11.9. The first kappa shape index (κ1) is 10.7. The van der Waals surface area contributed by atoms with Crippen LogP contribution in [0.5, 0.6) is 0 Å². The van der Waals surface area contributed by atoms with Crippen LogP contribution < -0.4 is 0 Å². The minimum Gasteiger partial charge on any atom is -0.299 e. The molecule has 0 heterocycles. The molecule has 0 aromatic heterocycles. The third kappa shape index (κ3) is 1.93. The summed E-state index contributed by atoms with van der Waals surface area (Å²) in [6, 6.07) is 5.90. The van der Waals surface area contributed by atoms with Crippen molar-refractivity contribution >= 4 is 17.4 Å². The van der Waals surface area contributed by atoms with E-state index in [0.29, 0.717) is 18.1 Å². The smallest absolute Gasteiger partial charge is 0.140 e. The molecule has 0 amide bonds. The second kappa shape index (κ2) is 3.97. The molecule has 0 spiro atoms. The van der Waals surface area contributed by atoms with E-state index in [9.17, 15) is 4.79 Å². The Morgan fingerprint density at radius 3 is 2.73 bits per heavy atom. The summed E-state index contributed by atoms with van der Waals surface area (Å²) in [7, 11) is 0. The molecule has 0 radical (unpaired) electrons. The lowest BCUT2D eigenvalue weighted by Crippen LogP contribution is -2.24. The van der Waals surface area contributed by atoms with Gasteiger partial charge in [0.05, 0.1) is 0 Å². The lowest BCUT2D eigenvalue weighted by atomic mass is 9.76. The maximum absolute atomic E-state index is 11.9. The molecule has 2 rings (SSSR count). The Balaban J connectivity index is 2.48. The van der Waals surface area contributed by atoms with E-state index in [2.05, 4.69) is 13.8 Å². The van der Waals surface area contributed by atoms with E-state index in [1.165, 1.54) is 11.1 Å². The van der Waals surface area contributed by atoms with Gasteiger partial charge in [0.25, 0.3) is 0 Å². The topological polar surface area (TPSA) is 17.1 Å². The Morgan fingerprint density at radius 2 is 2.07 bits per heavy atom. The number of aryl methyl sites for hydroxylation is 1. The molecule has 1 aromatic carbocycles. The standard InChI is InChI=1S/C13H15ClO/c1-8(2)13-11-5-4-10(14)7-9(11)3-6-12(13)15/h4-5,7-8,13H,3,6H2,1-2H3. The zero-order chi connectivity index (χ0) is 11.0. The molecular formula is C13H15ClO. The van der Waals surface area contributed by atoms with Crippen LogP contribution in [0.15, 0.2) is 18.2 Å². The normalized spacial score (nSPS) is 20.5. The van der Waals surface area contributed by atoms with Crippen molar-refractivity contribution < 1.29 is 4.79 Å². The first-order valence-corrected chi connectivity index (χ1v) is 5.78. The van der Waals surface area contributed by atoms with E-state index in [1.807, 2.05) is 18.2 Å². The van der Waals surface area contributed by atoms with Crippen molar-refractivity contribution in [2.75, 3.05) is 0 Å². The van der Waals surface area contributed by atoms with Gasteiger partial charge in [-0.3, -0.25) is 4.79 Å². The molecule has 1 aliphatic rings. The fourth-order valence-corrected chi connectivity index (χ4v) is 2.61. The molecule has 0 fully saturated rings. The highest BCUT2D eigenvalue weighted by molar-refractivity contribution is 6.30. The van der Waals surface area contributed by atoms with Gasteiger partial charge in [-0.2, -0.15) is 0 Å². The summed E-state index contributed by atoms with van der Waals surface area (Å²) >= 11 is 5.96. The summed E-state index contributed by atoms with van der Waals surface area (Å²) in [5.74, 6) is 0.823. The van der Waals surface area contributed by atoms with Crippen LogP contribution in [0, 0.1) is 5.92 Å². The van der Waals surface area contributed by atoms with Gasteiger partial charge < -0.3 is 0 Å². The van der Waals surface area contributed by atoms with Gasteiger partial charge in [-0.15, -0.1) is 0 Å². The average molecular weight is 223 g/mol. The Bertz CT molecular complexity index is 396. The van der Waals surface area contributed by atoms with E-state index < -0.39 is 0 Å². The number of rotatable bonds is 1. The van der Waals surface area contributed by atoms with Crippen molar-refractivity contribution in [1.82, 2.24) is 0 Å². The predicted octanol–water partition coefficient (Wildman–Crippen LogP) is 3.59. The van der Waals surface area contributed by atoms with E-state index in [-0.39, 0.29) is 5.92 Å². The van der Waals surface area contributed by atoms with Crippen LogP contribution in [0.25, 0.3) is 0 Å². The predicted molar refractivity (Wildman–Crippen MR) is 62.4 cm³/mol. The van der Waals surface area contributed by atoms with Gasteiger partial charge in [-0.25, -0.2) is 0 Å². The number of fused-ring (bicyclic) bond motifs is 1. The van der Waals surface area contributed by atoms with Crippen LogP contribution in [-0.4, -0.2) is 5.78 Å². The number of hydrogen-bond acceptors (Lipinski definition) is 1. The molecule has 0 saturated carbocycles. The van der Waals surface area contributed by atoms with Crippen LogP contribution in [0.2, 0.25) is 5.02 Å². The molecule has 2 heteroatoms. The molecule has 1 nitrogen and oxygen atoms in total. The van der Waals surface area contributed by atoms with Crippen LogP contribution in [-0.2, 0) is 11.2 Å². The maximum Gasteiger partial charge on any atom is 0.140 e. The number of carbonyl (C=O) groups is 1. The highest BCUT2D eigenvalue weighted by atomic mass is 35.5. The fourth-order valence-electron chi connectivity index (χ4n) is 2.41. The highest BCUT2D eigenvalue weighted by Crippen LogP contribution is 2.35. The molecular weight excluding hydrogens is 208 g/mol. The Kier molecular flexibility index (Phi) is 2.83. The van der Waals surface area contributed by atoms with Gasteiger partial charge in [0.2, 0.25) is 0 Å². The largest absolute Gasteiger partial charge is 0.299 e. The van der Waals surface area contributed by atoms with Gasteiger partial charge in [0.15, 0.2) is 0 Å². The molecule has 0 N–H and O–H groups in total. The molecule has 1 unspecified atom stereocenters. The zero-order valence-corrected chi connectivity index (χ0v) is 9.84. The molecule has 1 aromatic rings. The van der Waals surface area contributed by atoms with Gasteiger partial charge in [0.1, 0.15) is 5.78 Å². The summed E-state index contributed by atoms with van der Waals surface area (Å²) in [5, 5.41) is 0.769. The van der Waals surface area contributed by atoms with Gasteiger partial charge in [0, 0.05) is 17.4 Å². The van der Waals surface area contributed by atoms with Gasteiger partial charge in [-0.1, -0.05) is 31.5 Å². The van der Waals surface area contributed by atoms with Crippen molar-refractivity contribution in [3.8, 4) is 0 Å². The third-order valence-corrected chi connectivity index (χ3v) is 3.33. The second-order valence-electron chi connectivity index (χ2n) is 4.53. The Labute approximate surface area is 95.4 Å². The van der Waals surface area contributed by atoms with E-state index in [0.717, 1.165) is 11.4 Å². The van der Waals surface area contributed by atoms with Crippen molar-refractivity contribution in [1.29, 1.82) is 0 Å². The zero-order valence-electron chi connectivity index (χ0n) is 9.09. The lowest BCUT2D eigenvalue weighted by molar-refractivity contribution is -0.121. The monoisotopic (exact) mass is 222 g/mol. The third-order valence-electron chi connectivity index (χ3n) is 3.09. The van der Waals surface area contributed by atoms with E-state index >= 15 is 0 Å². The molecule has 1 atom stereocenters. The van der Waals surface area contributed by atoms with Gasteiger partial charge in [-0.05, 0) is 35.6 Å². The van der Waals surface area contributed by atoms with Crippen LogP contribution in [0.1, 0.15) is 37.3 Å². The van der Waals surface area contributed by atoms with Crippen molar-refractivity contribution in [3.05, 3.63) is 34.3 Å². The number of carbonyl (C=O) groups excluding carboxylic acids is 1. The molecule has 15 heavy (non-hydrogen) atoms. The number of benzene rings is 1. The summed E-state index contributed by atoms with van der Waals surface area (Å²) in [5.41, 5.74) is 2.44. The Morgan fingerprint density at radius 1 is 1.33 bits per heavy atom. The second-order valence-corrected chi connectivity index (χ2v) is 4.97. The lowest BCUT2D eigenvalue weighted by Gasteiger charge is -2.27. The first-order valence-electron chi connectivity index (χ1n) is 5.40. The number of ketones is 1. The Hall–Kier alpha value is -0.820. The first-order chi connectivity index (χ1) is 7.09. The van der Waals surface area contributed by atoms with E-state index in [1.54, 1.807) is 0 Å². The van der Waals surface area contributed by atoms with Crippen molar-refractivity contribution in [2.45, 2.75) is 32.6 Å². The molecule has 80 valence electrons. The number of Topliss-reactive ketones (excluding diaryl/α,β-unsaturated/α-hetero) is 1. The van der Waals surface area contributed by atoms with Crippen LogP contribution >= 0.6 is 11.6 Å². The highest BCUT2D eigenvalue weighted by Gasteiger charge is 2.29. The SMILES string of the molecule is CC(C)C1C(=O)CCc2cc(Cl)ccc21. The summed E-state index contributed by atoms with van der Waals surface area (Å²) in [6.07, 6.45) is 1.51. The number of hydrogen-bond donors (Lipinski definition) is 0. The van der Waals surface area contributed by atoms with Crippen molar-refractivity contribution in [2.24, 2.45) is 5.92 Å². The summed E-state index contributed by atoms with van der Waals surface area (Å²) in [4.78, 5) is 11.9. The van der Waals surface area contributed by atoms with E-state index in [4.69, 9.17) is 11.6 Å². The van der Waals surface area contributed by atoms with Crippen molar-refractivity contribution in [3.63, 3.8) is 0 Å². The minimum atomic E-state index is 0.0750. The quantitative estimate of drug-likeness (QED) is 0.710. The van der Waals surface area contributed by atoms with Gasteiger partial charge >= 0.3 is 0 Å².